The Labute approximate surface area is 177 Å². The lowest BCUT2D eigenvalue weighted by Gasteiger charge is -2.16. The van der Waals surface area contributed by atoms with Crippen molar-refractivity contribution in [2.75, 3.05) is 19.6 Å². The van der Waals surface area contributed by atoms with Crippen molar-refractivity contribution >= 4 is 16.7 Å². The van der Waals surface area contributed by atoms with Crippen molar-refractivity contribution in [3.8, 4) is 11.1 Å². The predicted molar refractivity (Wildman–Crippen MR) is 104 cm³/mol. The number of nitrogens with one attached hydrogen (secondary N) is 1. The maximum Gasteiger partial charge on any atom is 0.417 e. The van der Waals surface area contributed by atoms with Crippen LogP contribution >= 0.6 is 0 Å². The van der Waals surface area contributed by atoms with E-state index >= 15 is 0 Å². The number of hydrogen-bond acceptors (Lipinski definition) is 5. The van der Waals surface area contributed by atoms with Gasteiger partial charge in [0.05, 0.1) is 16.1 Å². The first-order valence-corrected chi connectivity index (χ1v) is 9.33. The molecule has 0 amide bonds. The van der Waals surface area contributed by atoms with Crippen LogP contribution in [0.25, 0.3) is 22.1 Å². The molecule has 0 aliphatic heterocycles. The highest BCUT2D eigenvalue weighted by atomic mass is 19.4. The smallest absolute Gasteiger partial charge is 0.417 e. The van der Waals surface area contributed by atoms with Gasteiger partial charge in [0.1, 0.15) is 11.3 Å². The molecule has 0 atom stereocenters. The number of nitrogens with zero attached hydrogens (tertiary/aromatic N) is 1. The van der Waals surface area contributed by atoms with Gasteiger partial charge in [-0.1, -0.05) is 6.07 Å². The van der Waals surface area contributed by atoms with Crippen LogP contribution in [0.5, 0.6) is 0 Å². The van der Waals surface area contributed by atoms with Gasteiger partial charge in [0, 0.05) is 49.1 Å². The van der Waals surface area contributed by atoms with Gasteiger partial charge in [0.15, 0.2) is 0 Å². The molecule has 0 unspecified atom stereocenters. The van der Waals surface area contributed by atoms with Crippen LogP contribution in [0.15, 0.2) is 40.8 Å². The molecule has 2 aromatic carbocycles. The molecule has 0 saturated carbocycles. The van der Waals surface area contributed by atoms with Crippen molar-refractivity contribution in [2.24, 2.45) is 5.73 Å². The number of hydrogen-bond donors (Lipinski definition) is 2. The van der Waals surface area contributed by atoms with Crippen LogP contribution in [0.2, 0.25) is 0 Å². The van der Waals surface area contributed by atoms with E-state index in [0.717, 1.165) is 12.1 Å². The molecule has 0 bridgehead atoms. The number of nitro benzene ring substituents is 1. The predicted octanol–water partition coefficient (Wildman–Crippen LogP) is 5.14. The van der Waals surface area contributed by atoms with Crippen LogP contribution in [0, 0.1) is 10.1 Å². The standard InChI is InChI=1S/C20H17F6N3O3/c21-19(22,23)11-1-3-13(15(9-11)20(24,25)26)18-14-10-12(29(30)31)2-4-16(14)32-17(18)5-7-28-8-6-27/h1-4,9-10,28H,5-8,27H2. The maximum atomic E-state index is 13.8. The highest BCUT2D eigenvalue weighted by Gasteiger charge is 2.39. The molecule has 172 valence electrons. The fourth-order valence-corrected chi connectivity index (χ4v) is 3.32. The molecular weight excluding hydrogens is 444 g/mol. The number of halogens is 6. The van der Waals surface area contributed by atoms with Gasteiger partial charge < -0.3 is 15.5 Å². The van der Waals surface area contributed by atoms with Crippen molar-refractivity contribution in [3.63, 3.8) is 0 Å². The first-order valence-electron chi connectivity index (χ1n) is 9.33. The van der Waals surface area contributed by atoms with Gasteiger partial charge >= 0.3 is 12.4 Å². The van der Waals surface area contributed by atoms with Crippen molar-refractivity contribution in [3.05, 3.63) is 63.4 Å². The van der Waals surface area contributed by atoms with Crippen molar-refractivity contribution in [1.82, 2.24) is 5.32 Å². The molecule has 0 spiro atoms. The van der Waals surface area contributed by atoms with Crippen molar-refractivity contribution in [1.29, 1.82) is 0 Å². The lowest BCUT2D eigenvalue weighted by molar-refractivity contribution is -0.384. The molecule has 0 saturated heterocycles. The Balaban J connectivity index is 2.27. The quantitative estimate of drug-likeness (QED) is 0.220. The largest absolute Gasteiger partial charge is 0.460 e. The zero-order valence-corrected chi connectivity index (χ0v) is 16.3. The number of alkyl halides is 6. The van der Waals surface area contributed by atoms with Crippen molar-refractivity contribution in [2.45, 2.75) is 18.8 Å². The molecule has 12 heteroatoms. The average molecular weight is 461 g/mol. The Bertz CT molecular complexity index is 1140. The van der Waals surface area contributed by atoms with Crippen LogP contribution in [0.1, 0.15) is 16.9 Å². The van der Waals surface area contributed by atoms with Gasteiger partial charge in [-0.3, -0.25) is 10.1 Å². The minimum atomic E-state index is -5.12. The fourth-order valence-electron chi connectivity index (χ4n) is 3.32. The third-order valence-corrected chi connectivity index (χ3v) is 4.73. The Morgan fingerprint density at radius 1 is 1.00 bits per heavy atom. The van der Waals surface area contributed by atoms with E-state index in [1.165, 1.54) is 6.07 Å². The monoisotopic (exact) mass is 461 g/mol. The number of rotatable bonds is 7. The van der Waals surface area contributed by atoms with E-state index in [1.807, 2.05) is 0 Å². The number of benzene rings is 2. The van der Waals surface area contributed by atoms with Gasteiger partial charge in [-0.25, -0.2) is 0 Å². The Morgan fingerprint density at radius 2 is 1.72 bits per heavy atom. The summed E-state index contributed by atoms with van der Waals surface area (Å²) in [6.07, 6.45) is -10.0. The molecule has 0 aliphatic carbocycles. The van der Waals surface area contributed by atoms with Crippen LogP contribution in [-0.2, 0) is 18.8 Å². The van der Waals surface area contributed by atoms with Crippen LogP contribution in [-0.4, -0.2) is 24.6 Å². The summed E-state index contributed by atoms with van der Waals surface area (Å²) in [6.45, 7) is 1.000. The number of nitrogens with two attached hydrogens (primary N) is 1. The molecule has 0 radical (unpaired) electrons. The number of non-ortho nitro benzene ring substituents is 1. The molecular formula is C20H17F6N3O3. The average Bonchev–Trinajstić information content (AvgIpc) is 3.06. The normalized spacial score (nSPS) is 12.5. The number of fused-ring (bicyclic) bond motifs is 1. The van der Waals surface area contributed by atoms with E-state index in [2.05, 4.69) is 5.32 Å². The second-order valence-electron chi connectivity index (χ2n) is 6.88. The van der Waals surface area contributed by atoms with E-state index in [0.29, 0.717) is 25.2 Å². The highest BCUT2D eigenvalue weighted by molar-refractivity contribution is 5.98. The molecule has 32 heavy (non-hydrogen) atoms. The summed E-state index contributed by atoms with van der Waals surface area (Å²) >= 11 is 0. The summed E-state index contributed by atoms with van der Waals surface area (Å²) < 4.78 is 86.1. The molecule has 3 rings (SSSR count). The molecule has 1 aromatic heterocycles. The molecule has 1 heterocycles. The van der Waals surface area contributed by atoms with Crippen LogP contribution in [0.4, 0.5) is 32.0 Å². The fraction of sp³-hybridized carbons (Fsp3) is 0.300. The van der Waals surface area contributed by atoms with E-state index in [1.54, 1.807) is 0 Å². The minimum Gasteiger partial charge on any atom is -0.460 e. The summed E-state index contributed by atoms with van der Waals surface area (Å²) in [7, 11) is 0. The summed E-state index contributed by atoms with van der Waals surface area (Å²) in [6, 6.07) is 4.70. The second-order valence-corrected chi connectivity index (χ2v) is 6.88. The van der Waals surface area contributed by atoms with Gasteiger partial charge in [-0.05, 0) is 23.8 Å². The SMILES string of the molecule is NCCNCCc1oc2ccc([N+](=O)[O-])cc2c1-c1ccc(C(F)(F)F)cc1C(F)(F)F. The summed E-state index contributed by atoms with van der Waals surface area (Å²) in [5.74, 6) is 0.0512. The van der Waals surface area contributed by atoms with Crippen molar-refractivity contribution < 1.29 is 35.7 Å². The third kappa shape index (κ3) is 4.86. The van der Waals surface area contributed by atoms with E-state index in [9.17, 15) is 36.5 Å². The van der Waals surface area contributed by atoms with E-state index in [4.69, 9.17) is 10.2 Å². The second kappa shape index (κ2) is 8.79. The first kappa shape index (κ1) is 23.5. The molecule has 3 N–H and O–H groups in total. The van der Waals surface area contributed by atoms with Crippen LogP contribution < -0.4 is 11.1 Å². The Morgan fingerprint density at radius 3 is 2.31 bits per heavy atom. The highest BCUT2D eigenvalue weighted by Crippen LogP contribution is 2.45. The molecule has 0 aliphatic rings. The summed E-state index contributed by atoms with van der Waals surface area (Å²) in [5.41, 5.74) is 1.39. The Hall–Kier alpha value is -3.12. The zero-order valence-electron chi connectivity index (χ0n) is 16.3. The topological polar surface area (TPSA) is 94.3 Å². The molecule has 3 aromatic rings. The number of furan rings is 1. The lowest BCUT2D eigenvalue weighted by Crippen LogP contribution is -2.24. The van der Waals surface area contributed by atoms with E-state index in [-0.39, 0.29) is 41.3 Å². The van der Waals surface area contributed by atoms with Crippen LogP contribution in [0.3, 0.4) is 0 Å². The Kier molecular flexibility index (Phi) is 6.46. The first-order chi connectivity index (χ1) is 14.9. The van der Waals surface area contributed by atoms with Gasteiger partial charge in [-0.15, -0.1) is 0 Å². The van der Waals surface area contributed by atoms with Gasteiger partial charge in [0.2, 0.25) is 0 Å². The maximum absolute atomic E-state index is 13.8. The molecule has 0 fully saturated rings. The van der Waals surface area contributed by atoms with Gasteiger partial charge in [-0.2, -0.15) is 26.3 Å². The number of nitro groups is 1. The zero-order chi connectivity index (χ0) is 23.7. The summed E-state index contributed by atoms with van der Waals surface area (Å²) in [4.78, 5) is 10.4. The molecule has 6 nitrogen and oxygen atoms in total. The minimum absolute atomic E-state index is 0.00159. The lowest BCUT2D eigenvalue weighted by atomic mass is 9.93. The summed E-state index contributed by atoms with van der Waals surface area (Å²) in [5, 5.41) is 14.1. The van der Waals surface area contributed by atoms with E-state index < -0.39 is 39.7 Å². The van der Waals surface area contributed by atoms with Gasteiger partial charge in [0.25, 0.3) is 5.69 Å². The third-order valence-electron chi connectivity index (χ3n) is 4.73.